The van der Waals surface area contributed by atoms with E-state index in [1.165, 1.54) is 0 Å². The van der Waals surface area contributed by atoms with Crippen molar-refractivity contribution in [1.82, 2.24) is 4.90 Å². The first kappa shape index (κ1) is 13.6. The minimum absolute atomic E-state index is 0.250. The highest BCUT2D eigenvalue weighted by Crippen LogP contribution is 2.01. The zero-order valence-corrected chi connectivity index (χ0v) is 10.4. The molecule has 2 unspecified atom stereocenters. The summed E-state index contributed by atoms with van der Waals surface area (Å²) in [6.45, 7) is 5.59. The normalized spacial score (nSPS) is 21.6. The molecule has 0 aliphatic carbocycles. The maximum Gasteiger partial charge on any atom is 0.307 e. The van der Waals surface area contributed by atoms with Crippen LogP contribution in [0.15, 0.2) is 0 Å². The van der Waals surface area contributed by atoms with Gasteiger partial charge in [-0.05, 0) is 0 Å². The number of rotatable bonds is 6. The summed E-state index contributed by atoms with van der Waals surface area (Å²) in [7, 11) is -1.04. The van der Waals surface area contributed by atoms with Crippen molar-refractivity contribution in [2.24, 2.45) is 5.92 Å². The fourth-order valence-corrected chi connectivity index (χ4v) is 2.82. The molecule has 0 spiro atoms. The quantitative estimate of drug-likeness (QED) is 0.705. The van der Waals surface area contributed by atoms with Gasteiger partial charge in [0.05, 0.1) is 19.1 Å². The van der Waals surface area contributed by atoms with Gasteiger partial charge in [0.15, 0.2) is 0 Å². The lowest BCUT2D eigenvalue weighted by Crippen LogP contribution is -2.38. The van der Waals surface area contributed by atoms with E-state index in [9.17, 15) is 9.00 Å². The standard InChI is InChI=1S/C10H19NO4S/c1-9(10(12)13)8-16(14)7-4-11-2-5-15-6-3-11/h9H,2-8H2,1H3,(H,12,13). The van der Waals surface area contributed by atoms with Crippen molar-refractivity contribution in [2.75, 3.05) is 44.4 Å². The third-order valence-corrected chi connectivity index (χ3v) is 4.11. The lowest BCUT2D eigenvalue weighted by molar-refractivity contribution is -0.140. The minimum Gasteiger partial charge on any atom is -0.481 e. The number of aliphatic carboxylic acids is 1. The Morgan fingerprint density at radius 3 is 2.69 bits per heavy atom. The third kappa shape index (κ3) is 5.05. The van der Waals surface area contributed by atoms with E-state index in [4.69, 9.17) is 9.84 Å². The second-order valence-corrected chi connectivity index (χ2v) is 5.63. The van der Waals surface area contributed by atoms with Crippen molar-refractivity contribution >= 4 is 16.8 Å². The highest BCUT2D eigenvalue weighted by atomic mass is 32.2. The minimum atomic E-state index is -1.04. The lowest BCUT2D eigenvalue weighted by atomic mass is 10.2. The van der Waals surface area contributed by atoms with Gasteiger partial charge in [-0.3, -0.25) is 13.9 Å². The van der Waals surface area contributed by atoms with Crippen molar-refractivity contribution in [2.45, 2.75) is 6.92 Å². The van der Waals surface area contributed by atoms with Crippen LogP contribution < -0.4 is 0 Å². The van der Waals surface area contributed by atoms with Crippen LogP contribution in [0.25, 0.3) is 0 Å². The molecule has 0 aromatic heterocycles. The molecule has 1 N–H and O–H groups in total. The van der Waals surface area contributed by atoms with Crippen LogP contribution in [0.1, 0.15) is 6.92 Å². The van der Waals surface area contributed by atoms with Crippen molar-refractivity contribution < 1.29 is 18.8 Å². The van der Waals surface area contributed by atoms with E-state index in [2.05, 4.69) is 4.90 Å². The maximum absolute atomic E-state index is 11.6. The van der Waals surface area contributed by atoms with Crippen LogP contribution >= 0.6 is 0 Å². The molecule has 1 fully saturated rings. The monoisotopic (exact) mass is 249 g/mol. The zero-order chi connectivity index (χ0) is 12.0. The summed E-state index contributed by atoms with van der Waals surface area (Å²) < 4.78 is 16.8. The number of hydrogen-bond acceptors (Lipinski definition) is 4. The molecule has 1 heterocycles. The van der Waals surface area contributed by atoms with Crippen LogP contribution in [0, 0.1) is 5.92 Å². The average Bonchev–Trinajstić information content (AvgIpc) is 2.27. The molecular formula is C10H19NO4S. The van der Waals surface area contributed by atoms with Gasteiger partial charge in [0, 0.05) is 41.9 Å². The summed E-state index contributed by atoms with van der Waals surface area (Å²) in [5, 5.41) is 8.69. The Bertz CT molecular complexity index is 253. The van der Waals surface area contributed by atoms with E-state index in [1.807, 2.05) is 0 Å². The summed E-state index contributed by atoms with van der Waals surface area (Å²) in [6.07, 6.45) is 0. The summed E-state index contributed by atoms with van der Waals surface area (Å²) in [5.41, 5.74) is 0. The van der Waals surface area contributed by atoms with Gasteiger partial charge in [-0.25, -0.2) is 0 Å². The number of carboxylic acid groups (broad SMARTS) is 1. The molecule has 0 radical (unpaired) electrons. The van der Waals surface area contributed by atoms with Crippen molar-refractivity contribution in [3.63, 3.8) is 0 Å². The second-order valence-electron chi connectivity index (χ2n) is 4.00. The smallest absolute Gasteiger partial charge is 0.307 e. The first-order valence-corrected chi connectivity index (χ1v) is 6.96. The molecule has 1 rings (SSSR count). The molecule has 94 valence electrons. The van der Waals surface area contributed by atoms with Gasteiger partial charge in [-0.15, -0.1) is 0 Å². The number of hydrogen-bond donors (Lipinski definition) is 1. The Morgan fingerprint density at radius 2 is 2.12 bits per heavy atom. The highest BCUT2D eigenvalue weighted by molar-refractivity contribution is 7.85. The summed E-state index contributed by atoms with van der Waals surface area (Å²) >= 11 is 0. The van der Waals surface area contributed by atoms with E-state index in [-0.39, 0.29) is 5.75 Å². The van der Waals surface area contributed by atoms with E-state index in [0.29, 0.717) is 5.75 Å². The van der Waals surface area contributed by atoms with Crippen molar-refractivity contribution in [1.29, 1.82) is 0 Å². The molecule has 6 heteroatoms. The first-order valence-electron chi connectivity index (χ1n) is 5.47. The van der Waals surface area contributed by atoms with Gasteiger partial charge < -0.3 is 9.84 Å². The van der Waals surface area contributed by atoms with Gasteiger partial charge in [-0.2, -0.15) is 0 Å². The first-order chi connectivity index (χ1) is 7.59. The predicted octanol–water partition coefficient (Wildman–Crippen LogP) is -0.212. The molecule has 1 aliphatic heterocycles. The molecule has 0 amide bonds. The maximum atomic E-state index is 11.6. The van der Waals surface area contributed by atoms with Crippen LogP contribution in [-0.2, 0) is 20.3 Å². The van der Waals surface area contributed by atoms with Gasteiger partial charge >= 0.3 is 5.97 Å². The van der Waals surface area contributed by atoms with Gasteiger partial charge in [0.1, 0.15) is 0 Å². The second kappa shape index (κ2) is 6.98. The summed E-state index contributed by atoms with van der Waals surface area (Å²) in [6, 6.07) is 0. The molecule has 0 saturated carbocycles. The SMILES string of the molecule is CC(CS(=O)CCN1CCOCC1)C(=O)O. The molecule has 0 aromatic carbocycles. The molecule has 2 atom stereocenters. The molecule has 5 nitrogen and oxygen atoms in total. The summed E-state index contributed by atoms with van der Waals surface area (Å²) in [5.74, 6) is -0.595. The van der Waals surface area contributed by atoms with Crippen LogP contribution in [0.4, 0.5) is 0 Å². The number of morpholine rings is 1. The Kier molecular flexibility index (Phi) is 5.94. The molecule has 16 heavy (non-hydrogen) atoms. The average molecular weight is 249 g/mol. The predicted molar refractivity (Wildman–Crippen MR) is 61.9 cm³/mol. The Hall–Kier alpha value is -0.460. The van der Waals surface area contributed by atoms with E-state index in [1.54, 1.807) is 6.92 Å². The number of ether oxygens (including phenoxy) is 1. The van der Waals surface area contributed by atoms with Gasteiger partial charge in [0.2, 0.25) is 0 Å². The van der Waals surface area contributed by atoms with Gasteiger partial charge in [-0.1, -0.05) is 6.92 Å². The Labute approximate surface area is 98.2 Å². The fraction of sp³-hybridized carbons (Fsp3) is 0.900. The lowest BCUT2D eigenvalue weighted by Gasteiger charge is -2.26. The Morgan fingerprint density at radius 1 is 1.50 bits per heavy atom. The molecule has 0 bridgehead atoms. The number of nitrogens with zero attached hydrogens (tertiary/aromatic N) is 1. The van der Waals surface area contributed by atoms with Crippen molar-refractivity contribution in [3.05, 3.63) is 0 Å². The largest absolute Gasteiger partial charge is 0.481 e. The molecule has 1 saturated heterocycles. The van der Waals surface area contributed by atoms with Crippen LogP contribution in [0.5, 0.6) is 0 Å². The van der Waals surface area contributed by atoms with Crippen LogP contribution in [0.2, 0.25) is 0 Å². The summed E-state index contributed by atoms with van der Waals surface area (Å²) in [4.78, 5) is 12.8. The van der Waals surface area contributed by atoms with E-state index in [0.717, 1.165) is 32.8 Å². The van der Waals surface area contributed by atoms with E-state index >= 15 is 0 Å². The topological polar surface area (TPSA) is 66.8 Å². The molecule has 0 aromatic rings. The Balaban J connectivity index is 2.16. The zero-order valence-electron chi connectivity index (χ0n) is 9.55. The number of carbonyl (C=O) groups is 1. The van der Waals surface area contributed by atoms with E-state index < -0.39 is 22.7 Å². The highest BCUT2D eigenvalue weighted by Gasteiger charge is 2.16. The molecular weight excluding hydrogens is 230 g/mol. The molecule has 1 aliphatic rings. The van der Waals surface area contributed by atoms with Crippen molar-refractivity contribution in [3.8, 4) is 0 Å². The third-order valence-electron chi connectivity index (χ3n) is 2.60. The van der Waals surface area contributed by atoms with Gasteiger partial charge in [0.25, 0.3) is 0 Å². The van der Waals surface area contributed by atoms with Crippen LogP contribution in [-0.4, -0.2) is 64.5 Å². The number of carboxylic acids is 1. The fourth-order valence-electron chi connectivity index (χ4n) is 1.49. The van der Waals surface area contributed by atoms with Crippen LogP contribution in [0.3, 0.4) is 0 Å².